The zero-order valence-corrected chi connectivity index (χ0v) is 13.2. The van der Waals surface area contributed by atoms with E-state index in [0.29, 0.717) is 12.0 Å². The molecule has 6 heteroatoms. The molecule has 0 bridgehead atoms. The maximum atomic E-state index is 4.65. The average Bonchev–Trinajstić information content (AvgIpc) is 3.13. The molecule has 0 fully saturated rings. The van der Waals surface area contributed by atoms with Crippen LogP contribution in [0.3, 0.4) is 0 Å². The molecule has 1 aliphatic carbocycles. The minimum atomic E-state index is 0.369. The number of nitrogens with zero attached hydrogens (tertiary/aromatic N) is 5. The van der Waals surface area contributed by atoms with Crippen LogP contribution < -0.4 is 5.32 Å². The lowest BCUT2D eigenvalue weighted by molar-refractivity contribution is 0.439. The molecular weight excluding hydrogens is 276 g/mol. The van der Waals surface area contributed by atoms with Gasteiger partial charge >= 0.3 is 0 Å². The molecule has 22 heavy (non-hydrogen) atoms. The van der Waals surface area contributed by atoms with Crippen LogP contribution in [0.1, 0.15) is 55.5 Å². The molecule has 0 aromatic carbocycles. The van der Waals surface area contributed by atoms with Gasteiger partial charge in [-0.2, -0.15) is 5.10 Å². The summed E-state index contributed by atoms with van der Waals surface area (Å²) in [5, 5.41) is 8.27. The Bertz CT molecular complexity index is 690. The summed E-state index contributed by atoms with van der Waals surface area (Å²) >= 11 is 0. The van der Waals surface area contributed by atoms with E-state index in [1.807, 2.05) is 0 Å². The monoisotopic (exact) mass is 298 g/mol. The Kier molecular flexibility index (Phi) is 3.32. The first-order valence-corrected chi connectivity index (χ1v) is 8.23. The Balaban J connectivity index is 1.52. The predicted octanol–water partition coefficient (Wildman–Crippen LogP) is 2.11. The van der Waals surface area contributed by atoms with Crippen molar-refractivity contribution >= 4 is 5.82 Å². The molecule has 1 N–H and O–H groups in total. The van der Waals surface area contributed by atoms with Crippen molar-refractivity contribution in [1.29, 1.82) is 0 Å². The van der Waals surface area contributed by atoms with Crippen LogP contribution in [0.5, 0.6) is 0 Å². The van der Waals surface area contributed by atoms with Crippen molar-refractivity contribution in [3.8, 4) is 0 Å². The van der Waals surface area contributed by atoms with Crippen LogP contribution in [0.4, 0.5) is 5.82 Å². The van der Waals surface area contributed by atoms with Gasteiger partial charge in [0, 0.05) is 29.6 Å². The molecule has 0 saturated heterocycles. The molecule has 1 atom stereocenters. The standard InChI is InChI=1S/C16H22N6/c1-10(2)15-20-14-7-6-11(8-22(14)21-15)19-16-12-4-3-5-13(12)17-9-18-16/h9-11H,3-8H2,1-2H3,(H,17,18,19)/t11-/m0/s1. The molecule has 0 spiro atoms. The molecule has 0 saturated carbocycles. The van der Waals surface area contributed by atoms with Gasteiger partial charge in [-0.25, -0.2) is 19.6 Å². The lowest BCUT2D eigenvalue weighted by atomic mass is 10.1. The van der Waals surface area contributed by atoms with E-state index in [1.165, 1.54) is 17.7 Å². The lowest BCUT2D eigenvalue weighted by Crippen LogP contribution is -2.32. The summed E-state index contributed by atoms with van der Waals surface area (Å²) in [4.78, 5) is 13.5. The maximum Gasteiger partial charge on any atom is 0.153 e. The number of aryl methyl sites for hydroxylation is 2. The van der Waals surface area contributed by atoms with Gasteiger partial charge in [0.1, 0.15) is 18.0 Å². The van der Waals surface area contributed by atoms with Crippen molar-refractivity contribution in [2.24, 2.45) is 0 Å². The smallest absolute Gasteiger partial charge is 0.153 e. The largest absolute Gasteiger partial charge is 0.365 e. The summed E-state index contributed by atoms with van der Waals surface area (Å²) in [6.45, 7) is 5.15. The van der Waals surface area contributed by atoms with Gasteiger partial charge in [-0.05, 0) is 25.7 Å². The van der Waals surface area contributed by atoms with Gasteiger partial charge in [-0.1, -0.05) is 13.8 Å². The third-order valence-electron chi connectivity index (χ3n) is 4.61. The Morgan fingerprint density at radius 1 is 1.23 bits per heavy atom. The Hall–Kier alpha value is -1.98. The molecule has 4 rings (SSSR count). The number of rotatable bonds is 3. The van der Waals surface area contributed by atoms with E-state index in [-0.39, 0.29) is 0 Å². The zero-order valence-electron chi connectivity index (χ0n) is 13.2. The van der Waals surface area contributed by atoms with Crippen LogP contribution in [0, 0.1) is 0 Å². The number of fused-ring (bicyclic) bond motifs is 2. The predicted molar refractivity (Wildman–Crippen MR) is 83.9 cm³/mol. The Morgan fingerprint density at radius 3 is 3.00 bits per heavy atom. The minimum Gasteiger partial charge on any atom is -0.365 e. The van der Waals surface area contributed by atoms with E-state index in [4.69, 9.17) is 0 Å². The summed E-state index contributed by atoms with van der Waals surface area (Å²) in [6, 6.07) is 0.369. The topological polar surface area (TPSA) is 68.5 Å². The zero-order chi connectivity index (χ0) is 15.1. The van der Waals surface area contributed by atoms with Crippen LogP contribution >= 0.6 is 0 Å². The molecule has 116 valence electrons. The molecule has 2 aromatic heterocycles. The number of hydrogen-bond acceptors (Lipinski definition) is 5. The molecular formula is C16H22N6. The molecule has 1 aliphatic heterocycles. The quantitative estimate of drug-likeness (QED) is 0.940. The van der Waals surface area contributed by atoms with E-state index < -0.39 is 0 Å². The van der Waals surface area contributed by atoms with E-state index in [0.717, 1.165) is 49.7 Å². The minimum absolute atomic E-state index is 0.369. The number of nitrogens with one attached hydrogen (secondary N) is 1. The third kappa shape index (κ3) is 2.36. The van der Waals surface area contributed by atoms with Gasteiger partial charge in [-0.15, -0.1) is 0 Å². The van der Waals surface area contributed by atoms with Gasteiger partial charge in [-0.3, -0.25) is 0 Å². The number of aromatic nitrogens is 5. The Morgan fingerprint density at radius 2 is 2.14 bits per heavy atom. The molecule has 2 aromatic rings. The molecule has 0 amide bonds. The van der Waals surface area contributed by atoms with Gasteiger partial charge in [0.2, 0.25) is 0 Å². The first-order chi connectivity index (χ1) is 10.7. The summed E-state index contributed by atoms with van der Waals surface area (Å²) in [6.07, 6.45) is 7.12. The maximum absolute atomic E-state index is 4.65. The van der Waals surface area contributed by atoms with Crippen LogP contribution in [0.2, 0.25) is 0 Å². The normalized spacial score (nSPS) is 20.0. The third-order valence-corrected chi connectivity index (χ3v) is 4.61. The summed E-state index contributed by atoms with van der Waals surface area (Å²) in [5.41, 5.74) is 2.53. The number of anilines is 1. The molecule has 6 nitrogen and oxygen atoms in total. The second kappa shape index (κ2) is 5.34. The summed E-state index contributed by atoms with van der Waals surface area (Å²) in [7, 11) is 0. The van der Waals surface area contributed by atoms with Crippen LogP contribution in [-0.4, -0.2) is 30.8 Å². The molecule has 0 unspecified atom stereocenters. The van der Waals surface area contributed by atoms with E-state index in [1.54, 1.807) is 6.33 Å². The summed E-state index contributed by atoms with van der Waals surface area (Å²) in [5.74, 6) is 3.49. The fourth-order valence-corrected chi connectivity index (χ4v) is 3.37. The van der Waals surface area contributed by atoms with E-state index in [9.17, 15) is 0 Å². The highest BCUT2D eigenvalue weighted by atomic mass is 15.4. The molecule has 2 aliphatic rings. The SMILES string of the molecule is CC(C)c1nc2n(n1)C[C@@H](Nc1ncnc3c1CCC3)CC2. The van der Waals surface area contributed by atoms with Crippen molar-refractivity contribution in [2.45, 2.75) is 64.5 Å². The fraction of sp³-hybridized carbons (Fsp3) is 0.625. The van der Waals surface area contributed by atoms with Crippen molar-refractivity contribution in [1.82, 2.24) is 24.7 Å². The van der Waals surface area contributed by atoms with Gasteiger partial charge in [0.15, 0.2) is 5.82 Å². The van der Waals surface area contributed by atoms with Crippen molar-refractivity contribution in [2.75, 3.05) is 5.32 Å². The van der Waals surface area contributed by atoms with Crippen molar-refractivity contribution in [3.63, 3.8) is 0 Å². The molecule has 3 heterocycles. The van der Waals surface area contributed by atoms with Gasteiger partial charge in [0.05, 0.1) is 6.54 Å². The highest BCUT2D eigenvalue weighted by molar-refractivity contribution is 5.48. The van der Waals surface area contributed by atoms with Crippen LogP contribution in [-0.2, 0) is 25.8 Å². The first-order valence-electron chi connectivity index (χ1n) is 8.23. The fourth-order valence-electron chi connectivity index (χ4n) is 3.37. The first kappa shape index (κ1) is 13.7. The highest BCUT2D eigenvalue weighted by Crippen LogP contribution is 2.27. The van der Waals surface area contributed by atoms with E-state index >= 15 is 0 Å². The van der Waals surface area contributed by atoms with Crippen LogP contribution in [0.15, 0.2) is 6.33 Å². The van der Waals surface area contributed by atoms with Crippen molar-refractivity contribution in [3.05, 3.63) is 29.2 Å². The second-order valence-electron chi connectivity index (χ2n) is 6.60. The average molecular weight is 298 g/mol. The Labute approximate surface area is 130 Å². The van der Waals surface area contributed by atoms with E-state index in [2.05, 4.69) is 43.9 Å². The van der Waals surface area contributed by atoms with Gasteiger partial charge < -0.3 is 5.32 Å². The molecule has 0 radical (unpaired) electrons. The second-order valence-corrected chi connectivity index (χ2v) is 6.60. The summed E-state index contributed by atoms with van der Waals surface area (Å²) < 4.78 is 2.07. The highest BCUT2D eigenvalue weighted by Gasteiger charge is 2.24. The number of hydrogen-bond donors (Lipinski definition) is 1. The van der Waals surface area contributed by atoms with Crippen LogP contribution in [0.25, 0.3) is 0 Å². The van der Waals surface area contributed by atoms with Gasteiger partial charge in [0.25, 0.3) is 0 Å². The van der Waals surface area contributed by atoms with Crippen molar-refractivity contribution < 1.29 is 0 Å². The lowest BCUT2D eigenvalue weighted by Gasteiger charge is -2.24.